The average molecular weight is 225 g/mol. The van der Waals surface area contributed by atoms with Gasteiger partial charge < -0.3 is 9.47 Å². The van der Waals surface area contributed by atoms with E-state index in [4.69, 9.17) is 9.47 Å². The first kappa shape index (κ1) is 11.4. The number of aryl methyl sites for hydroxylation is 1. The molecule has 2 heterocycles. The molecule has 0 bridgehead atoms. The van der Waals surface area contributed by atoms with Gasteiger partial charge in [-0.3, -0.25) is 9.58 Å². The summed E-state index contributed by atoms with van der Waals surface area (Å²) in [4.78, 5) is 2.35. The molecule has 5 nitrogen and oxygen atoms in total. The highest BCUT2D eigenvalue weighted by Gasteiger charge is 2.09. The first-order valence-corrected chi connectivity index (χ1v) is 5.84. The predicted molar refractivity (Wildman–Crippen MR) is 60.7 cm³/mol. The number of nitrogens with zero attached hydrogens (tertiary/aromatic N) is 3. The van der Waals surface area contributed by atoms with E-state index in [1.807, 2.05) is 10.9 Å². The number of morpholine rings is 1. The Morgan fingerprint density at radius 1 is 1.44 bits per heavy atom. The molecule has 1 fully saturated rings. The van der Waals surface area contributed by atoms with Crippen LogP contribution in [-0.4, -0.2) is 54.1 Å². The molecule has 0 spiro atoms. The van der Waals surface area contributed by atoms with Crippen LogP contribution in [0, 0.1) is 0 Å². The molecule has 1 aliphatic rings. The van der Waals surface area contributed by atoms with E-state index in [0.717, 1.165) is 51.7 Å². The summed E-state index contributed by atoms with van der Waals surface area (Å²) in [5.41, 5.74) is 0. The predicted octanol–water partition coefficient (Wildman–Crippen LogP) is 0.614. The van der Waals surface area contributed by atoms with Gasteiger partial charge in [0.2, 0.25) is 0 Å². The number of hydrogen-bond acceptors (Lipinski definition) is 4. The second-order valence-corrected chi connectivity index (χ2v) is 3.83. The molecule has 0 aliphatic carbocycles. The van der Waals surface area contributed by atoms with Crippen LogP contribution in [0.1, 0.15) is 6.92 Å². The van der Waals surface area contributed by atoms with Crippen molar-refractivity contribution in [1.29, 1.82) is 0 Å². The molecule has 16 heavy (non-hydrogen) atoms. The quantitative estimate of drug-likeness (QED) is 0.736. The summed E-state index contributed by atoms with van der Waals surface area (Å²) in [5.74, 6) is 0.857. The van der Waals surface area contributed by atoms with Crippen LogP contribution in [0.3, 0.4) is 0 Å². The van der Waals surface area contributed by atoms with E-state index in [0.29, 0.717) is 0 Å². The summed E-state index contributed by atoms with van der Waals surface area (Å²) in [7, 11) is 0. The summed E-state index contributed by atoms with van der Waals surface area (Å²) < 4.78 is 12.8. The van der Waals surface area contributed by atoms with Crippen molar-refractivity contribution in [2.75, 3.05) is 39.5 Å². The molecule has 1 aromatic rings. The van der Waals surface area contributed by atoms with Crippen molar-refractivity contribution in [3.05, 3.63) is 12.4 Å². The molecule has 0 aromatic carbocycles. The fourth-order valence-electron chi connectivity index (χ4n) is 1.71. The van der Waals surface area contributed by atoms with Crippen LogP contribution in [-0.2, 0) is 11.3 Å². The van der Waals surface area contributed by atoms with Gasteiger partial charge >= 0.3 is 0 Å². The molecule has 0 amide bonds. The lowest BCUT2D eigenvalue weighted by molar-refractivity contribution is 0.0322. The van der Waals surface area contributed by atoms with Crippen molar-refractivity contribution >= 4 is 0 Å². The van der Waals surface area contributed by atoms with Crippen molar-refractivity contribution in [2.24, 2.45) is 0 Å². The zero-order chi connectivity index (χ0) is 11.2. The number of aromatic nitrogens is 2. The summed E-state index contributed by atoms with van der Waals surface area (Å²) in [6.07, 6.45) is 3.70. The first-order chi connectivity index (χ1) is 7.88. The molecule has 1 saturated heterocycles. The van der Waals surface area contributed by atoms with Gasteiger partial charge in [0.1, 0.15) is 6.61 Å². The second kappa shape index (κ2) is 5.86. The van der Waals surface area contributed by atoms with Crippen LogP contribution >= 0.6 is 0 Å². The highest BCUT2D eigenvalue weighted by Crippen LogP contribution is 2.08. The Morgan fingerprint density at radius 2 is 2.25 bits per heavy atom. The molecule has 0 unspecified atom stereocenters. The Morgan fingerprint density at radius 3 is 2.94 bits per heavy atom. The normalized spacial score (nSPS) is 17.6. The third kappa shape index (κ3) is 3.21. The monoisotopic (exact) mass is 225 g/mol. The molecule has 2 rings (SSSR count). The van der Waals surface area contributed by atoms with Crippen LogP contribution in [0.2, 0.25) is 0 Å². The van der Waals surface area contributed by atoms with Crippen LogP contribution < -0.4 is 4.74 Å². The Bertz CT molecular complexity index is 308. The van der Waals surface area contributed by atoms with Crippen LogP contribution in [0.15, 0.2) is 12.4 Å². The molecular formula is C11H19N3O2. The number of rotatable bonds is 5. The molecule has 5 heteroatoms. The van der Waals surface area contributed by atoms with Gasteiger partial charge in [0.15, 0.2) is 5.75 Å². The summed E-state index contributed by atoms with van der Waals surface area (Å²) >= 11 is 0. The minimum atomic E-state index is 0.718. The lowest BCUT2D eigenvalue weighted by atomic mass is 10.4. The van der Waals surface area contributed by atoms with Crippen LogP contribution in [0.5, 0.6) is 5.75 Å². The van der Waals surface area contributed by atoms with Gasteiger partial charge in [-0.1, -0.05) is 0 Å². The molecular weight excluding hydrogens is 206 g/mol. The zero-order valence-electron chi connectivity index (χ0n) is 9.76. The van der Waals surface area contributed by atoms with E-state index in [-0.39, 0.29) is 0 Å². The lowest BCUT2D eigenvalue weighted by Gasteiger charge is -2.26. The molecule has 1 aromatic heterocycles. The maximum Gasteiger partial charge on any atom is 0.157 e. The molecule has 0 atom stereocenters. The maximum absolute atomic E-state index is 5.63. The van der Waals surface area contributed by atoms with Gasteiger partial charge in [0.05, 0.1) is 25.6 Å². The Balaban J connectivity index is 1.66. The van der Waals surface area contributed by atoms with E-state index >= 15 is 0 Å². The Hall–Kier alpha value is -1.07. The first-order valence-electron chi connectivity index (χ1n) is 5.84. The standard InChI is InChI=1S/C11H19N3O2/c1-2-14-10-11(9-12-14)16-8-5-13-3-6-15-7-4-13/h9-10H,2-8H2,1H3. The van der Waals surface area contributed by atoms with Gasteiger partial charge in [-0.2, -0.15) is 5.10 Å². The van der Waals surface area contributed by atoms with Crippen molar-refractivity contribution < 1.29 is 9.47 Å². The van der Waals surface area contributed by atoms with E-state index in [2.05, 4.69) is 16.9 Å². The summed E-state index contributed by atoms with van der Waals surface area (Å²) in [6.45, 7) is 8.32. The van der Waals surface area contributed by atoms with Gasteiger partial charge in [-0.15, -0.1) is 0 Å². The van der Waals surface area contributed by atoms with E-state index in [1.54, 1.807) is 6.20 Å². The lowest BCUT2D eigenvalue weighted by Crippen LogP contribution is -2.38. The minimum absolute atomic E-state index is 0.718. The van der Waals surface area contributed by atoms with E-state index in [1.165, 1.54) is 0 Å². The van der Waals surface area contributed by atoms with Gasteiger partial charge in [0, 0.05) is 26.2 Å². The van der Waals surface area contributed by atoms with Crippen LogP contribution in [0.4, 0.5) is 0 Å². The van der Waals surface area contributed by atoms with Gasteiger partial charge in [0.25, 0.3) is 0 Å². The maximum atomic E-state index is 5.63. The fourth-order valence-corrected chi connectivity index (χ4v) is 1.71. The van der Waals surface area contributed by atoms with Crippen LogP contribution in [0.25, 0.3) is 0 Å². The number of hydrogen-bond donors (Lipinski definition) is 0. The third-order valence-electron chi connectivity index (χ3n) is 2.71. The average Bonchev–Trinajstić information content (AvgIpc) is 2.78. The van der Waals surface area contributed by atoms with E-state index in [9.17, 15) is 0 Å². The molecule has 90 valence electrons. The highest BCUT2D eigenvalue weighted by atomic mass is 16.5. The SMILES string of the molecule is CCn1cc(OCCN2CCOCC2)cn1. The van der Waals surface area contributed by atoms with Gasteiger partial charge in [-0.05, 0) is 6.92 Å². The van der Waals surface area contributed by atoms with E-state index < -0.39 is 0 Å². The zero-order valence-corrected chi connectivity index (χ0v) is 9.76. The van der Waals surface area contributed by atoms with Crippen molar-refractivity contribution in [3.8, 4) is 5.75 Å². The fraction of sp³-hybridized carbons (Fsp3) is 0.727. The van der Waals surface area contributed by atoms with Crippen molar-refractivity contribution in [1.82, 2.24) is 14.7 Å². The Kier molecular flexibility index (Phi) is 4.18. The molecule has 0 radical (unpaired) electrons. The Labute approximate surface area is 95.9 Å². The molecule has 1 aliphatic heterocycles. The summed E-state index contributed by atoms with van der Waals surface area (Å²) in [6, 6.07) is 0. The minimum Gasteiger partial charge on any atom is -0.489 e. The topological polar surface area (TPSA) is 39.5 Å². The van der Waals surface area contributed by atoms with Crippen molar-refractivity contribution in [2.45, 2.75) is 13.5 Å². The largest absolute Gasteiger partial charge is 0.489 e. The molecule has 0 saturated carbocycles. The molecule has 0 N–H and O–H groups in total. The smallest absolute Gasteiger partial charge is 0.157 e. The third-order valence-corrected chi connectivity index (χ3v) is 2.71. The highest BCUT2D eigenvalue weighted by molar-refractivity contribution is 5.11. The van der Waals surface area contributed by atoms with Crippen molar-refractivity contribution in [3.63, 3.8) is 0 Å². The second-order valence-electron chi connectivity index (χ2n) is 3.83. The number of ether oxygens (including phenoxy) is 2. The van der Waals surface area contributed by atoms with Gasteiger partial charge in [-0.25, -0.2) is 0 Å². The summed E-state index contributed by atoms with van der Waals surface area (Å²) in [5, 5.41) is 4.16.